The van der Waals surface area contributed by atoms with E-state index in [2.05, 4.69) is 5.32 Å². The van der Waals surface area contributed by atoms with Crippen LogP contribution in [0.3, 0.4) is 0 Å². The van der Waals surface area contributed by atoms with Gasteiger partial charge in [-0.2, -0.15) is 0 Å². The first kappa shape index (κ1) is 18.3. The second kappa shape index (κ2) is 7.24. The minimum absolute atomic E-state index is 0.0506. The molecule has 1 aliphatic heterocycles. The van der Waals surface area contributed by atoms with Crippen LogP contribution in [0.15, 0.2) is 18.2 Å². The van der Waals surface area contributed by atoms with Gasteiger partial charge in [-0.1, -0.05) is 26.8 Å². The van der Waals surface area contributed by atoms with E-state index in [1.807, 2.05) is 50.8 Å². The van der Waals surface area contributed by atoms with Crippen LogP contribution in [0.1, 0.15) is 39.2 Å². The third-order valence-electron chi connectivity index (χ3n) is 4.33. The zero-order valence-electron chi connectivity index (χ0n) is 15.3. The largest absolute Gasteiger partial charge is 0.495 e. The van der Waals surface area contributed by atoms with E-state index in [4.69, 9.17) is 4.74 Å². The van der Waals surface area contributed by atoms with Crippen LogP contribution in [0.4, 0.5) is 5.69 Å². The topological polar surface area (TPSA) is 58.6 Å². The Hall–Kier alpha value is -2.04. The number of ether oxygens (including phenoxy) is 1. The number of benzene rings is 1. The molecule has 0 radical (unpaired) electrons. The van der Waals surface area contributed by atoms with E-state index in [1.54, 1.807) is 7.11 Å². The maximum atomic E-state index is 12.7. The first-order chi connectivity index (χ1) is 11.2. The quantitative estimate of drug-likeness (QED) is 0.924. The van der Waals surface area contributed by atoms with Gasteiger partial charge in [0.2, 0.25) is 11.8 Å². The number of carbonyl (C=O) groups excluding carboxylic acids is 2. The summed E-state index contributed by atoms with van der Waals surface area (Å²) in [6.07, 6.45) is 1.65. The van der Waals surface area contributed by atoms with Crippen molar-refractivity contribution in [2.45, 2.75) is 40.5 Å². The smallest absolute Gasteiger partial charge is 0.229 e. The number of nitrogens with one attached hydrogen (secondary N) is 1. The summed E-state index contributed by atoms with van der Waals surface area (Å²) in [6.45, 7) is 8.92. The molecule has 1 atom stereocenters. The van der Waals surface area contributed by atoms with Gasteiger partial charge in [0, 0.05) is 18.5 Å². The lowest BCUT2D eigenvalue weighted by Gasteiger charge is -2.36. The van der Waals surface area contributed by atoms with Crippen LogP contribution in [0, 0.1) is 18.3 Å². The van der Waals surface area contributed by atoms with Crippen LogP contribution < -0.4 is 10.1 Å². The van der Waals surface area contributed by atoms with Crippen LogP contribution in [0.25, 0.3) is 0 Å². The first-order valence-electron chi connectivity index (χ1n) is 8.47. The standard InChI is InChI=1S/C19H28N2O3/c1-13-8-9-16(24-5)15(11-13)20-17(22)14-7-6-10-21(12-14)18(23)19(2,3)4/h8-9,11,14H,6-7,10,12H2,1-5H3,(H,20,22)/t14-/m0/s1. The van der Waals surface area contributed by atoms with Crippen LogP contribution in [0.2, 0.25) is 0 Å². The van der Waals surface area contributed by atoms with Crippen LogP contribution in [-0.2, 0) is 9.59 Å². The fraction of sp³-hybridized carbons (Fsp3) is 0.579. The number of likely N-dealkylation sites (tertiary alicyclic amines) is 1. The third kappa shape index (κ3) is 4.28. The molecule has 2 rings (SSSR count). The summed E-state index contributed by atoms with van der Waals surface area (Å²) >= 11 is 0. The molecule has 1 aromatic carbocycles. The molecule has 1 heterocycles. The summed E-state index contributed by atoms with van der Waals surface area (Å²) in [6, 6.07) is 5.69. The second-order valence-corrected chi connectivity index (χ2v) is 7.53. The maximum Gasteiger partial charge on any atom is 0.229 e. The van der Waals surface area contributed by atoms with Crippen LogP contribution >= 0.6 is 0 Å². The van der Waals surface area contributed by atoms with Crippen molar-refractivity contribution in [1.82, 2.24) is 4.90 Å². The van der Waals surface area contributed by atoms with E-state index in [0.717, 1.165) is 24.9 Å². The van der Waals surface area contributed by atoms with Crippen molar-refractivity contribution in [1.29, 1.82) is 0 Å². The number of amides is 2. The Labute approximate surface area is 144 Å². The summed E-state index contributed by atoms with van der Waals surface area (Å²) in [5, 5.41) is 2.97. The number of nitrogens with zero attached hydrogens (tertiary/aromatic N) is 1. The van der Waals surface area contributed by atoms with Crippen molar-refractivity contribution in [3.8, 4) is 5.75 Å². The lowest BCUT2D eigenvalue weighted by Crippen LogP contribution is -2.47. The number of methoxy groups -OCH3 is 1. The van der Waals surface area contributed by atoms with Gasteiger partial charge in [-0.25, -0.2) is 0 Å². The predicted molar refractivity (Wildman–Crippen MR) is 95.1 cm³/mol. The van der Waals surface area contributed by atoms with Crippen molar-refractivity contribution >= 4 is 17.5 Å². The van der Waals surface area contributed by atoms with Gasteiger partial charge in [0.05, 0.1) is 18.7 Å². The molecule has 0 aromatic heterocycles. The number of piperidine rings is 1. The predicted octanol–water partition coefficient (Wildman–Crippen LogP) is 3.23. The molecule has 0 spiro atoms. The zero-order chi connectivity index (χ0) is 17.9. The highest BCUT2D eigenvalue weighted by atomic mass is 16.5. The fourth-order valence-electron chi connectivity index (χ4n) is 3.00. The van der Waals surface area contributed by atoms with E-state index < -0.39 is 5.41 Å². The average molecular weight is 332 g/mol. The van der Waals surface area contributed by atoms with Crippen molar-refractivity contribution in [2.24, 2.45) is 11.3 Å². The van der Waals surface area contributed by atoms with Crippen molar-refractivity contribution in [3.63, 3.8) is 0 Å². The normalized spacial score (nSPS) is 18.2. The van der Waals surface area contributed by atoms with Gasteiger partial charge in [0.1, 0.15) is 5.75 Å². The number of hydrogen-bond donors (Lipinski definition) is 1. The summed E-state index contributed by atoms with van der Waals surface area (Å²) in [5.41, 5.74) is 1.32. The highest BCUT2D eigenvalue weighted by molar-refractivity contribution is 5.94. The Morgan fingerprint density at radius 1 is 1.29 bits per heavy atom. The molecule has 0 bridgehead atoms. The molecule has 2 amide bonds. The minimum atomic E-state index is -0.419. The lowest BCUT2D eigenvalue weighted by atomic mass is 9.91. The van der Waals surface area contributed by atoms with E-state index >= 15 is 0 Å². The average Bonchev–Trinajstić information content (AvgIpc) is 2.53. The Bertz CT molecular complexity index is 620. The van der Waals surface area contributed by atoms with Gasteiger partial charge in [0.25, 0.3) is 0 Å². The van der Waals surface area contributed by atoms with Gasteiger partial charge in [-0.15, -0.1) is 0 Å². The molecule has 1 aliphatic rings. The van der Waals surface area contributed by atoms with Crippen molar-refractivity contribution < 1.29 is 14.3 Å². The summed E-state index contributed by atoms with van der Waals surface area (Å²) in [5.74, 6) is 0.515. The first-order valence-corrected chi connectivity index (χ1v) is 8.47. The molecular formula is C19H28N2O3. The highest BCUT2D eigenvalue weighted by Gasteiger charge is 2.33. The van der Waals surface area contributed by atoms with Gasteiger partial charge in [-0.05, 0) is 37.5 Å². The summed E-state index contributed by atoms with van der Waals surface area (Å²) in [7, 11) is 1.59. The van der Waals surface area contributed by atoms with E-state index in [9.17, 15) is 9.59 Å². The number of carbonyl (C=O) groups is 2. The molecule has 5 nitrogen and oxygen atoms in total. The van der Waals surface area contributed by atoms with E-state index in [-0.39, 0.29) is 17.7 Å². The molecular weight excluding hydrogens is 304 g/mol. The number of aryl methyl sites for hydroxylation is 1. The Morgan fingerprint density at radius 2 is 2.00 bits per heavy atom. The zero-order valence-corrected chi connectivity index (χ0v) is 15.3. The Morgan fingerprint density at radius 3 is 2.62 bits per heavy atom. The highest BCUT2D eigenvalue weighted by Crippen LogP contribution is 2.28. The third-order valence-corrected chi connectivity index (χ3v) is 4.33. The van der Waals surface area contributed by atoms with Crippen LogP contribution in [-0.4, -0.2) is 36.9 Å². The Balaban J connectivity index is 2.07. The number of hydrogen-bond acceptors (Lipinski definition) is 3. The maximum absolute atomic E-state index is 12.7. The van der Waals surface area contributed by atoms with Crippen molar-refractivity contribution in [2.75, 3.05) is 25.5 Å². The molecule has 0 saturated carbocycles. The summed E-state index contributed by atoms with van der Waals surface area (Å²) < 4.78 is 5.31. The molecule has 0 unspecified atom stereocenters. The molecule has 24 heavy (non-hydrogen) atoms. The van der Waals surface area contributed by atoms with E-state index in [1.165, 1.54) is 0 Å². The molecule has 1 saturated heterocycles. The molecule has 1 fully saturated rings. The van der Waals surface area contributed by atoms with Gasteiger partial charge in [-0.3, -0.25) is 9.59 Å². The molecule has 0 aliphatic carbocycles. The minimum Gasteiger partial charge on any atom is -0.495 e. The van der Waals surface area contributed by atoms with Gasteiger partial charge >= 0.3 is 0 Å². The fourth-order valence-corrected chi connectivity index (χ4v) is 3.00. The second-order valence-electron chi connectivity index (χ2n) is 7.53. The SMILES string of the molecule is COc1ccc(C)cc1NC(=O)[C@H]1CCCN(C(=O)C(C)(C)C)C1. The molecule has 1 aromatic rings. The Kier molecular flexibility index (Phi) is 5.52. The van der Waals surface area contributed by atoms with Gasteiger partial charge in [0.15, 0.2) is 0 Å². The lowest BCUT2D eigenvalue weighted by molar-refractivity contribution is -0.142. The molecule has 1 N–H and O–H groups in total. The summed E-state index contributed by atoms with van der Waals surface area (Å²) in [4.78, 5) is 26.9. The van der Waals surface area contributed by atoms with E-state index in [0.29, 0.717) is 18.0 Å². The monoisotopic (exact) mass is 332 g/mol. The van der Waals surface area contributed by atoms with Gasteiger partial charge < -0.3 is 15.0 Å². The molecule has 5 heteroatoms. The van der Waals surface area contributed by atoms with Crippen LogP contribution in [0.5, 0.6) is 5.75 Å². The molecule has 132 valence electrons. The number of rotatable bonds is 3. The van der Waals surface area contributed by atoms with Crippen molar-refractivity contribution in [3.05, 3.63) is 23.8 Å². The number of anilines is 1.